The maximum atomic E-state index is 13.1. The summed E-state index contributed by atoms with van der Waals surface area (Å²) < 4.78 is 23.2. The molecular formula is C34H42N4O6. The molecule has 2 fully saturated rings. The molecule has 2 aromatic carbocycles. The Morgan fingerprint density at radius 3 is 2.59 bits per heavy atom. The molecule has 1 amide bonds. The van der Waals surface area contributed by atoms with E-state index in [4.69, 9.17) is 18.6 Å². The first-order valence-corrected chi connectivity index (χ1v) is 15.7. The van der Waals surface area contributed by atoms with Crippen LogP contribution in [0.1, 0.15) is 55.5 Å². The molecule has 10 nitrogen and oxygen atoms in total. The number of methoxy groups -OCH3 is 1. The van der Waals surface area contributed by atoms with Crippen molar-refractivity contribution in [3.63, 3.8) is 0 Å². The Morgan fingerprint density at radius 1 is 1.00 bits per heavy atom. The number of hydrogen-bond acceptors (Lipinski definition) is 9. The van der Waals surface area contributed by atoms with Gasteiger partial charge in [-0.2, -0.15) is 0 Å². The molecule has 0 spiro atoms. The zero-order valence-electron chi connectivity index (χ0n) is 26.1. The lowest BCUT2D eigenvalue weighted by molar-refractivity contribution is 0.0774. The van der Waals surface area contributed by atoms with Gasteiger partial charge in [-0.05, 0) is 71.2 Å². The molecule has 2 saturated heterocycles. The second-order valence-electron chi connectivity index (χ2n) is 12.1. The molecule has 0 aliphatic carbocycles. The number of carbonyl (C=O) groups excluding carboxylic acids is 1. The zero-order chi connectivity index (χ0) is 30.8. The number of unbranched alkanes of at least 4 members (excludes halogenated alkanes) is 1. The van der Waals surface area contributed by atoms with Crippen LogP contribution in [0, 0.1) is 6.92 Å². The fourth-order valence-corrected chi connectivity index (χ4v) is 6.42. The minimum absolute atomic E-state index is 0.00866. The van der Waals surface area contributed by atoms with Gasteiger partial charge in [-0.3, -0.25) is 14.7 Å². The quantitative estimate of drug-likeness (QED) is 0.231. The third-order valence-electron chi connectivity index (χ3n) is 8.75. The Kier molecular flexibility index (Phi) is 8.79. The van der Waals surface area contributed by atoms with Crippen LogP contribution in [0.3, 0.4) is 0 Å². The van der Waals surface area contributed by atoms with E-state index in [0.717, 1.165) is 87.3 Å². The normalized spacial score (nSPS) is 18.5. The standard InChI is InChI=1S/C34H42N4O6/c1-22(2)43-29-10-9-25-28(20-32(39)44-33(25)23(29)3)37-15-13-36(14-16-37)11-5-6-17-42-31-19-27-26(18-30(31)41-4)34(40)38-12-7-8-24(38)21-35-27/h9-10,18-22,24H,5-8,11-17H2,1-4H3/t24-/m0/s1. The van der Waals surface area contributed by atoms with Gasteiger partial charge in [-0.1, -0.05) is 0 Å². The largest absolute Gasteiger partial charge is 0.493 e. The Bertz CT molecular complexity index is 1610. The van der Waals surface area contributed by atoms with Gasteiger partial charge in [0.15, 0.2) is 11.5 Å². The van der Waals surface area contributed by atoms with E-state index in [1.54, 1.807) is 19.2 Å². The van der Waals surface area contributed by atoms with Crippen LogP contribution in [-0.4, -0.2) is 87.1 Å². The van der Waals surface area contributed by atoms with Gasteiger partial charge < -0.3 is 28.4 Å². The zero-order valence-corrected chi connectivity index (χ0v) is 26.1. The van der Waals surface area contributed by atoms with E-state index in [9.17, 15) is 9.59 Å². The molecule has 234 valence electrons. The smallest absolute Gasteiger partial charge is 0.338 e. The molecule has 0 radical (unpaired) electrons. The van der Waals surface area contributed by atoms with Gasteiger partial charge in [-0.15, -0.1) is 0 Å². The summed E-state index contributed by atoms with van der Waals surface area (Å²) in [6.45, 7) is 11.7. The van der Waals surface area contributed by atoms with Crippen LogP contribution in [0.2, 0.25) is 0 Å². The van der Waals surface area contributed by atoms with Gasteiger partial charge >= 0.3 is 5.63 Å². The molecule has 10 heteroatoms. The molecule has 3 aliphatic rings. The number of amides is 1. The lowest BCUT2D eigenvalue weighted by Crippen LogP contribution is -2.46. The Morgan fingerprint density at radius 2 is 1.82 bits per heavy atom. The second kappa shape index (κ2) is 12.9. The lowest BCUT2D eigenvalue weighted by Gasteiger charge is -2.36. The summed E-state index contributed by atoms with van der Waals surface area (Å²) >= 11 is 0. The van der Waals surface area contributed by atoms with E-state index >= 15 is 0 Å². The van der Waals surface area contributed by atoms with Crippen molar-refractivity contribution in [1.82, 2.24) is 9.80 Å². The minimum Gasteiger partial charge on any atom is -0.493 e. The molecule has 3 aliphatic heterocycles. The van der Waals surface area contributed by atoms with Crippen molar-refractivity contribution in [2.75, 3.05) is 57.9 Å². The van der Waals surface area contributed by atoms with Gasteiger partial charge in [0.1, 0.15) is 11.3 Å². The summed E-state index contributed by atoms with van der Waals surface area (Å²) in [7, 11) is 1.60. The van der Waals surface area contributed by atoms with Crippen LogP contribution in [-0.2, 0) is 0 Å². The summed E-state index contributed by atoms with van der Waals surface area (Å²) in [5.41, 5.74) is 3.23. The van der Waals surface area contributed by atoms with Crippen LogP contribution in [0.4, 0.5) is 11.4 Å². The number of hydrogen-bond donors (Lipinski definition) is 0. The molecule has 0 unspecified atom stereocenters. The summed E-state index contributed by atoms with van der Waals surface area (Å²) in [6, 6.07) is 9.24. The van der Waals surface area contributed by atoms with E-state index < -0.39 is 0 Å². The summed E-state index contributed by atoms with van der Waals surface area (Å²) in [5, 5.41) is 0.937. The van der Waals surface area contributed by atoms with Crippen molar-refractivity contribution in [2.45, 2.75) is 58.6 Å². The van der Waals surface area contributed by atoms with E-state index in [2.05, 4.69) is 14.8 Å². The monoisotopic (exact) mass is 602 g/mol. The fraction of sp³-hybridized carbons (Fsp3) is 0.500. The molecular weight excluding hydrogens is 560 g/mol. The van der Waals surface area contributed by atoms with Gasteiger partial charge in [0.25, 0.3) is 5.91 Å². The molecule has 0 saturated carbocycles. The van der Waals surface area contributed by atoms with E-state index in [1.165, 1.54) is 0 Å². The Labute approximate surface area is 258 Å². The highest BCUT2D eigenvalue weighted by Gasteiger charge is 2.32. The number of anilines is 1. The average Bonchev–Trinajstić information content (AvgIpc) is 3.45. The highest BCUT2D eigenvalue weighted by Crippen LogP contribution is 2.38. The number of fused-ring (bicyclic) bond motifs is 3. The summed E-state index contributed by atoms with van der Waals surface area (Å²) in [6.07, 6.45) is 5.77. The molecule has 6 rings (SSSR count). The SMILES string of the molecule is COc1cc2c(cc1OCCCCN1CCN(c3cc(=O)oc4c(C)c(OC(C)C)ccc34)CC1)N=C[C@@H]1CCCN1C2=O. The first kappa shape index (κ1) is 30.0. The van der Waals surface area contributed by atoms with Crippen molar-refractivity contribution in [2.24, 2.45) is 4.99 Å². The number of piperazine rings is 1. The van der Waals surface area contributed by atoms with Crippen molar-refractivity contribution >= 4 is 34.5 Å². The van der Waals surface area contributed by atoms with Gasteiger partial charge in [0, 0.05) is 62.0 Å². The summed E-state index contributed by atoms with van der Waals surface area (Å²) in [4.78, 5) is 36.9. The van der Waals surface area contributed by atoms with Gasteiger partial charge in [0.2, 0.25) is 0 Å². The van der Waals surface area contributed by atoms with E-state index in [0.29, 0.717) is 34.9 Å². The van der Waals surface area contributed by atoms with Crippen molar-refractivity contribution in [3.8, 4) is 17.2 Å². The van der Waals surface area contributed by atoms with Crippen LogP contribution in [0.5, 0.6) is 17.2 Å². The van der Waals surface area contributed by atoms with Crippen LogP contribution >= 0.6 is 0 Å². The fourth-order valence-electron chi connectivity index (χ4n) is 6.42. The Balaban J connectivity index is 1.01. The number of aryl methyl sites for hydroxylation is 1. The van der Waals surface area contributed by atoms with Gasteiger partial charge in [-0.25, -0.2) is 4.79 Å². The highest BCUT2D eigenvalue weighted by molar-refractivity contribution is 6.03. The second-order valence-corrected chi connectivity index (χ2v) is 12.1. The number of nitrogens with zero attached hydrogens (tertiary/aromatic N) is 4. The van der Waals surface area contributed by atoms with Crippen molar-refractivity contribution in [1.29, 1.82) is 0 Å². The number of ether oxygens (including phenoxy) is 3. The topological polar surface area (TPSA) is 97.1 Å². The molecule has 0 bridgehead atoms. The maximum Gasteiger partial charge on any atom is 0.338 e. The van der Waals surface area contributed by atoms with Crippen molar-refractivity contribution < 1.29 is 23.4 Å². The van der Waals surface area contributed by atoms with Crippen molar-refractivity contribution in [3.05, 3.63) is 51.9 Å². The van der Waals surface area contributed by atoms with Crippen LogP contribution in [0.15, 0.2) is 44.5 Å². The lowest BCUT2D eigenvalue weighted by atomic mass is 10.1. The molecule has 0 N–H and O–H groups in total. The predicted molar refractivity (Wildman–Crippen MR) is 172 cm³/mol. The first-order valence-electron chi connectivity index (χ1n) is 15.7. The minimum atomic E-state index is -0.343. The molecule has 44 heavy (non-hydrogen) atoms. The summed E-state index contributed by atoms with van der Waals surface area (Å²) in [5.74, 6) is 1.92. The van der Waals surface area contributed by atoms with Crippen LogP contribution < -0.4 is 24.7 Å². The first-order chi connectivity index (χ1) is 21.3. The average molecular weight is 603 g/mol. The maximum absolute atomic E-state index is 13.1. The highest BCUT2D eigenvalue weighted by atomic mass is 16.5. The van der Waals surface area contributed by atoms with Gasteiger partial charge in [0.05, 0.1) is 42.8 Å². The molecule has 4 heterocycles. The predicted octanol–water partition coefficient (Wildman–Crippen LogP) is 5.20. The third-order valence-corrected chi connectivity index (χ3v) is 8.75. The number of benzene rings is 2. The van der Waals surface area contributed by atoms with Crippen LogP contribution in [0.25, 0.3) is 11.0 Å². The van der Waals surface area contributed by atoms with E-state index in [1.807, 2.05) is 50.1 Å². The molecule has 1 atom stereocenters. The number of aliphatic imine (C=N–C) groups is 1. The Hall–Kier alpha value is -4.05. The third kappa shape index (κ3) is 6.13. The molecule has 1 aromatic heterocycles. The van der Waals surface area contributed by atoms with E-state index in [-0.39, 0.29) is 23.7 Å². The molecule has 3 aromatic rings. The number of carbonyl (C=O) groups is 1. The number of rotatable bonds is 10.